The Kier molecular flexibility index (Phi) is 4.37. The number of ether oxygens (including phenoxy) is 1. The maximum Gasteiger partial charge on any atom is 0.352 e. The Morgan fingerprint density at radius 3 is 2.87 bits per heavy atom. The zero-order valence-electron chi connectivity index (χ0n) is 9.19. The van der Waals surface area contributed by atoms with Crippen LogP contribution >= 0.6 is 0 Å². The summed E-state index contributed by atoms with van der Waals surface area (Å²) in [4.78, 5) is 10.9. The predicted molar refractivity (Wildman–Crippen MR) is 57.2 cm³/mol. The van der Waals surface area contributed by atoms with Crippen LogP contribution in [0.4, 0.5) is 0 Å². The maximum absolute atomic E-state index is 10.9. The van der Waals surface area contributed by atoms with E-state index in [4.69, 9.17) is 9.84 Å². The minimum atomic E-state index is -0.857. The smallest absolute Gasteiger partial charge is 0.352 e. The molecule has 1 aromatic heterocycles. The molecule has 0 fully saturated rings. The third-order valence-electron chi connectivity index (χ3n) is 2.37. The summed E-state index contributed by atoms with van der Waals surface area (Å²) in [6.45, 7) is 3.27. The van der Waals surface area contributed by atoms with Gasteiger partial charge in [-0.05, 0) is 31.4 Å². The molecule has 0 saturated carbocycles. The van der Waals surface area contributed by atoms with Crippen LogP contribution in [0.5, 0.6) is 0 Å². The van der Waals surface area contributed by atoms with Crippen LogP contribution in [-0.2, 0) is 11.3 Å². The van der Waals surface area contributed by atoms with Gasteiger partial charge in [0.05, 0.1) is 0 Å². The van der Waals surface area contributed by atoms with Crippen molar-refractivity contribution >= 4 is 5.97 Å². The number of carboxylic acid groups (broad SMARTS) is 1. The van der Waals surface area contributed by atoms with Gasteiger partial charge >= 0.3 is 5.97 Å². The van der Waals surface area contributed by atoms with Crippen LogP contribution in [0.2, 0.25) is 0 Å². The zero-order chi connectivity index (χ0) is 11.3. The molecule has 0 aliphatic carbocycles. The van der Waals surface area contributed by atoms with Crippen molar-refractivity contribution in [2.24, 2.45) is 0 Å². The van der Waals surface area contributed by atoms with Crippen LogP contribution < -0.4 is 0 Å². The number of methoxy groups -OCH3 is 1. The van der Waals surface area contributed by atoms with Crippen LogP contribution in [-0.4, -0.2) is 29.4 Å². The number of hydrogen-bond donors (Lipinski definition) is 1. The van der Waals surface area contributed by atoms with Crippen molar-refractivity contribution in [2.45, 2.75) is 26.3 Å². The Bertz CT molecular complexity index is 331. The number of rotatable bonds is 6. The average Bonchev–Trinajstić information content (AvgIpc) is 2.54. The van der Waals surface area contributed by atoms with Gasteiger partial charge in [0.2, 0.25) is 0 Å². The molecule has 0 aromatic carbocycles. The number of nitrogens with zero attached hydrogens (tertiary/aromatic N) is 1. The third kappa shape index (κ3) is 3.09. The molecule has 1 rings (SSSR count). The molecule has 0 radical (unpaired) electrons. The van der Waals surface area contributed by atoms with Gasteiger partial charge in [0.1, 0.15) is 5.69 Å². The first-order valence-corrected chi connectivity index (χ1v) is 5.04. The molecule has 1 aromatic rings. The summed E-state index contributed by atoms with van der Waals surface area (Å²) >= 11 is 0. The molecule has 0 saturated heterocycles. The van der Waals surface area contributed by atoms with Gasteiger partial charge in [-0.25, -0.2) is 4.79 Å². The van der Waals surface area contributed by atoms with Gasteiger partial charge in [0.25, 0.3) is 0 Å². The van der Waals surface area contributed by atoms with E-state index in [0.29, 0.717) is 5.69 Å². The van der Waals surface area contributed by atoms with E-state index < -0.39 is 5.97 Å². The number of hydrogen-bond acceptors (Lipinski definition) is 2. The fraction of sp³-hybridized carbons (Fsp3) is 0.545. The molecule has 1 heterocycles. The van der Waals surface area contributed by atoms with Crippen molar-refractivity contribution in [1.29, 1.82) is 0 Å². The third-order valence-corrected chi connectivity index (χ3v) is 2.37. The molecule has 4 heteroatoms. The molecule has 15 heavy (non-hydrogen) atoms. The van der Waals surface area contributed by atoms with Gasteiger partial charge in [0, 0.05) is 26.5 Å². The second-order valence-corrected chi connectivity index (χ2v) is 3.55. The molecular formula is C11H17NO3. The first-order chi connectivity index (χ1) is 7.16. The Labute approximate surface area is 89.5 Å². The van der Waals surface area contributed by atoms with Crippen LogP contribution in [0.1, 0.15) is 28.9 Å². The van der Waals surface area contributed by atoms with Gasteiger partial charge < -0.3 is 14.4 Å². The fourth-order valence-corrected chi connectivity index (χ4v) is 1.59. The van der Waals surface area contributed by atoms with Crippen molar-refractivity contribution in [3.05, 3.63) is 23.5 Å². The van der Waals surface area contributed by atoms with Gasteiger partial charge in [0.15, 0.2) is 0 Å². The minimum absolute atomic E-state index is 0.396. The van der Waals surface area contributed by atoms with Gasteiger partial charge in [-0.1, -0.05) is 0 Å². The minimum Gasteiger partial charge on any atom is -0.477 e. The predicted octanol–water partition coefficient (Wildman–Crippen LogP) is 1.92. The Morgan fingerprint density at radius 2 is 2.27 bits per heavy atom. The van der Waals surface area contributed by atoms with Crippen molar-refractivity contribution in [1.82, 2.24) is 4.57 Å². The van der Waals surface area contributed by atoms with E-state index in [2.05, 4.69) is 0 Å². The molecule has 0 unspecified atom stereocenters. The lowest BCUT2D eigenvalue weighted by Crippen LogP contribution is -2.09. The first-order valence-electron chi connectivity index (χ1n) is 5.04. The molecule has 0 spiro atoms. The number of carbonyl (C=O) groups is 1. The quantitative estimate of drug-likeness (QED) is 0.731. The molecule has 0 amide bonds. The Morgan fingerprint density at radius 1 is 1.53 bits per heavy atom. The largest absolute Gasteiger partial charge is 0.477 e. The SMILES string of the molecule is COCCCCn1ccc(C)c1C(=O)O. The summed E-state index contributed by atoms with van der Waals surface area (Å²) in [7, 11) is 1.67. The second kappa shape index (κ2) is 5.56. The molecule has 0 aliphatic rings. The van der Waals surface area contributed by atoms with E-state index in [1.165, 1.54) is 0 Å². The van der Waals surface area contributed by atoms with Crippen LogP contribution in [0.3, 0.4) is 0 Å². The standard InChI is InChI=1S/C11H17NO3/c1-9-5-7-12(10(9)11(13)14)6-3-4-8-15-2/h5,7H,3-4,6,8H2,1-2H3,(H,13,14). The van der Waals surface area contributed by atoms with E-state index >= 15 is 0 Å². The highest BCUT2D eigenvalue weighted by Gasteiger charge is 2.12. The monoisotopic (exact) mass is 211 g/mol. The molecule has 0 atom stereocenters. The molecular weight excluding hydrogens is 194 g/mol. The summed E-state index contributed by atoms with van der Waals surface area (Å²) in [5, 5.41) is 8.99. The Balaban J connectivity index is 2.57. The maximum atomic E-state index is 10.9. The highest BCUT2D eigenvalue weighted by Crippen LogP contribution is 2.11. The summed E-state index contributed by atoms with van der Waals surface area (Å²) in [5.74, 6) is -0.857. The average molecular weight is 211 g/mol. The normalized spacial score (nSPS) is 10.5. The Hall–Kier alpha value is -1.29. The molecule has 84 valence electrons. The molecule has 0 bridgehead atoms. The number of carboxylic acids is 1. The van der Waals surface area contributed by atoms with Gasteiger partial charge in [-0.2, -0.15) is 0 Å². The van der Waals surface area contributed by atoms with Crippen molar-refractivity contribution < 1.29 is 14.6 Å². The number of aromatic nitrogens is 1. The highest BCUT2D eigenvalue weighted by molar-refractivity contribution is 5.87. The molecule has 4 nitrogen and oxygen atoms in total. The summed E-state index contributed by atoms with van der Waals surface area (Å²) in [6, 6.07) is 1.83. The van der Waals surface area contributed by atoms with Crippen LogP contribution in [0.15, 0.2) is 12.3 Å². The van der Waals surface area contributed by atoms with E-state index in [1.54, 1.807) is 11.7 Å². The highest BCUT2D eigenvalue weighted by atomic mass is 16.5. The zero-order valence-corrected chi connectivity index (χ0v) is 9.19. The van der Waals surface area contributed by atoms with E-state index in [0.717, 1.165) is 31.6 Å². The van der Waals surface area contributed by atoms with Crippen LogP contribution in [0, 0.1) is 6.92 Å². The van der Waals surface area contributed by atoms with Crippen molar-refractivity contribution in [3.8, 4) is 0 Å². The lowest BCUT2D eigenvalue weighted by atomic mass is 10.2. The first kappa shape index (κ1) is 11.8. The lowest BCUT2D eigenvalue weighted by molar-refractivity contribution is 0.0684. The lowest BCUT2D eigenvalue weighted by Gasteiger charge is -2.06. The number of unbranched alkanes of at least 4 members (excludes halogenated alkanes) is 1. The van der Waals surface area contributed by atoms with E-state index in [-0.39, 0.29) is 0 Å². The second-order valence-electron chi connectivity index (χ2n) is 3.55. The van der Waals surface area contributed by atoms with Crippen molar-refractivity contribution in [2.75, 3.05) is 13.7 Å². The molecule has 0 aliphatic heterocycles. The van der Waals surface area contributed by atoms with Gasteiger partial charge in [-0.15, -0.1) is 0 Å². The van der Waals surface area contributed by atoms with E-state index in [1.807, 2.05) is 19.2 Å². The van der Waals surface area contributed by atoms with Crippen molar-refractivity contribution in [3.63, 3.8) is 0 Å². The summed E-state index contributed by atoms with van der Waals surface area (Å²) in [5.41, 5.74) is 1.21. The number of aryl methyl sites for hydroxylation is 2. The summed E-state index contributed by atoms with van der Waals surface area (Å²) in [6.07, 6.45) is 3.71. The number of aromatic carboxylic acids is 1. The van der Waals surface area contributed by atoms with E-state index in [9.17, 15) is 4.79 Å². The summed E-state index contributed by atoms with van der Waals surface area (Å²) < 4.78 is 6.72. The van der Waals surface area contributed by atoms with Crippen LogP contribution in [0.25, 0.3) is 0 Å². The molecule has 1 N–H and O–H groups in total. The van der Waals surface area contributed by atoms with Gasteiger partial charge in [-0.3, -0.25) is 0 Å². The fourth-order valence-electron chi connectivity index (χ4n) is 1.59. The topological polar surface area (TPSA) is 51.5 Å².